The molecule has 0 aliphatic carbocycles. The van der Waals surface area contributed by atoms with Gasteiger partial charge in [-0.15, -0.1) is 0 Å². The van der Waals surface area contributed by atoms with Gasteiger partial charge in [-0.25, -0.2) is 4.79 Å². The van der Waals surface area contributed by atoms with Gasteiger partial charge in [-0.2, -0.15) is 8.42 Å². The van der Waals surface area contributed by atoms with E-state index >= 15 is 0 Å². The van der Waals surface area contributed by atoms with Crippen molar-refractivity contribution in [2.45, 2.75) is 58.3 Å². The van der Waals surface area contributed by atoms with E-state index in [-0.39, 0.29) is 6.61 Å². The Hall–Kier alpha value is -0.860. The van der Waals surface area contributed by atoms with E-state index in [0.29, 0.717) is 6.42 Å². The molecule has 1 unspecified atom stereocenters. The van der Waals surface area contributed by atoms with Crippen molar-refractivity contribution in [1.82, 2.24) is 5.32 Å². The Kier molecular flexibility index (Phi) is 7.11. The molecule has 126 valence electrons. The van der Waals surface area contributed by atoms with Crippen LogP contribution < -0.4 is 5.32 Å². The summed E-state index contributed by atoms with van der Waals surface area (Å²) in [6.45, 7) is 8.72. The Morgan fingerprint density at radius 3 is 2.10 bits per heavy atom. The van der Waals surface area contributed by atoms with Crippen molar-refractivity contribution in [3.8, 4) is 0 Å². The van der Waals surface area contributed by atoms with Gasteiger partial charge in [0.1, 0.15) is 5.60 Å². The molecule has 0 heterocycles. The van der Waals surface area contributed by atoms with Crippen molar-refractivity contribution in [1.29, 1.82) is 0 Å². The molecule has 0 aromatic carbocycles. The lowest BCUT2D eigenvalue weighted by molar-refractivity contribution is 0.000154. The fraction of sp³-hybridized carbons (Fsp3) is 0.923. The fourth-order valence-electron chi connectivity index (χ4n) is 1.51. The van der Waals surface area contributed by atoms with Gasteiger partial charge < -0.3 is 14.8 Å². The first-order chi connectivity index (χ1) is 9.24. The molecule has 8 heteroatoms. The van der Waals surface area contributed by atoms with Crippen LogP contribution in [0.2, 0.25) is 0 Å². The standard InChI is InChI=1S/C13H27NO6S/c1-12(2,3)20-11(15)14-10(8-13(4,5)18-6)9-19-21(7,16)17/h10H,8-9H2,1-7H3,(H,14,15). The molecule has 0 aliphatic rings. The third kappa shape index (κ3) is 11.5. The zero-order valence-corrected chi connectivity index (χ0v) is 14.7. The molecular formula is C13H27NO6S. The largest absolute Gasteiger partial charge is 0.444 e. The van der Waals surface area contributed by atoms with Crippen molar-refractivity contribution in [3.63, 3.8) is 0 Å². The Morgan fingerprint density at radius 1 is 1.19 bits per heavy atom. The molecule has 0 aromatic heterocycles. The van der Waals surface area contributed by atoms with Crippen molar-refractivity contribution in [2.24, 2.45) is 0 Å². The van der Waals surface area contributed by atoms with E-state index in [4.69, 9.17) is 13.7 Å². The molecule has 1 N–H and O–H groups in total. The highest BCUT2D eigenvalue weighted by atomic mass is 32.2. The Labute approximate surface area is 127 Å². The smallest absolute Gasteiger partial charge is 0.407 e. The fourth-order valence-corrected chi connectivity index (χ4v) is 1.92. The van der Waals surface area contributed by atoms with Gasteiger partial charge in [-0.05, 0) is 41.0 Å². The molecule has 0 saturated carbocycles. The summed E-state index contributed by atoms with van der Waals surface area (Å²) in [7, 11) is -2.04. The molecule has 1 atom stereocenters. The van der Waals surface area contributed by atoms with Gasteiger partial charge in [-0.3, -0.25) is 4.18 Å². The summed E-state index contributed by atoms with van der Waals surface area (Å²) in [5.74, 6) is 0. The molecule has 0 saturated heterocycles. The van der Waals surface area contributed by atoms with Gasteiger partial charge >= 0.3 is 6.09 Å². The van der Waals surface area contributed by atoms with Crippen LogP contribution in [0.5, 0.6) is 0 Å². The highest BCUT2D eigenvalue weighted by Gasteiger charge is 2.27. The lowest BCUT2D eigenvalue weighted by Crippen LogP contribution is -2.45. The summed E-state index contributed by atoms with van der Waals surface area (Å²) >= 11 is 0. The molecule has 21 heavy (non-hydrogen) atoms. The van der Waals surface area contributed by atoms with Crippen molar-refractivity contribution >= 4 is 16.2 Å². The summed E-state index contributed by atoms with van der Waals surface area (Å²) in [5.41, 5.74) is -1.18. The molecule has 1 amide bonds. The van der Waals surface area contributed by atoms with Crippen LogP contribution in [0.25, 0.3) is 0 Å². The molecule has 0 spiro atoms. The first kappa shape index (κ1) is 20.1. The number of methoxy groups -OCH3 is 1. The normalized spacial score (nSPS) is 14.6. The maximum absolute atomic E-state index is 11.8. The minimum Gasteiger partial charge on any atom is -0.444 e. The second kappa shape index (κ2) is 7.42. The highest BCUT2D eigenvalue weighted by molar-refractivity contribution is 7.85. The average molecular weight is 325 g/mol. The highest BCUT2D eigenvalue weighted by Crippen LogP contribution is 2.17. The molecule has 0 radical (unpaired) electrons. The van der Waals surface area contributed by atoms with Crippen LogP contribution >= 0.6 is 0 Å². The first-order valence-corrected chi connectivity index (χ1v) is 8.45. The lowest BCUT2D eigenvalue weighted by atomic mass is 9.99. The van der Waals surface area contributed by atoms with E-state index in [9.17, 15) is 13.2 Å². The number of alkyl carbamates (subject to hydrolysis) is 1. The maximum Gasteiger partial charge on any atom is 0.407 e. The summed E-state index contributed by atoms with van der Waals surface area (Å²) in [4.78, 5) is 11.8. The molecular weight excluding hydrogens is 298 g/mol. The van der Waals surface area contributed by atoms with Gasteiger partial charge in [0.2, 0.25) is 0 Å². The molecule has 0 rings (SSSR count). The van der Waals surface area contributed by atoms with E-state index in [2.05, 4.69) is 5.32 Å². The van der Waals surface area contributed by atoms with E-state index in [0.717, 1.165) is 6.26 Å². The number of carbonyl (C=O) groups excluding carboxylic acids is 1. The summed E-state index contributed by atoms with van der Waals surface area (Å²) in [5, 5.41) is 2.61. The average Bonchev–Trinajstić information content (AvgIpc) is 2.21. The second-order valence-corrected chi connectivity index (χ2v) is 8.14. The Morgan fingerprint density at radius 2 is 1.71 bits per heavy atom. The summed E-state index contributed by atoms with van der Waals surface area (Å²) < 4.78 is 37.4. The number of rotatable bonds is 7. The van der Waals surface area contributed by atoms with Crippen molar-refractivity contribution in [2.75, 3.05) is 20.0 Å². The second-order valence-electron chi connectivity index (χ2n) is 6.50. The predicted octanol–water partition coefficient (Wildman–Crippen LogP) is 1.67. The van der Waals surface area contributed by atoms with Gasteiger partial charge in [-0.1, -0.05) is 0 Å². The summed E-state index contributed by atoms with van der Waals surface area (Å²) in [6, 6.07) is -0.551. The number of amides is 1. The number of nitrogens with one attached hydrogen (secondary N) is 1. The van der Waals surface area contributed by atoms with Crippen LogP contribution in [0.15, 0.2) is 0 Å². The zero-order valence-electron chi connectivity index (χ0n) is 13.8. The van der Waals surface area contributed by atoms with Crippen molar-refractivity contribution < 1.29 is 26.9 Å². The number of hydrogen-bond donors (Lipinski definition) is 1. The maximum atomic E-state index is 11.8. The monoisotopic (exact) mass is 325 g/mol. The quantitative estimate of drug-likeness (QED) is 0.716. The molecule has 0 bridgehead atoms. The van der Waals surface area contributed by atoms with Crippen molar-refractivity contribution in [3.05, 3.63) is 0 Å². The molecule has 0 fully saturated rings. The van der Waals surface area contributed by atoms with E-state index < -0.39 is 33.5 Å². The van der Waals surface area contributed by atoms with Gasteiger partial charge in [0.05, 0.1) is 24.5 Å². The third-order valence-electron chi connectivity index (χ3n) is 2.49. The SMILES string of the molecule is COC(C)(C)CC(COS(C)(=O)=O)NC(=O)OC(C)(C)C. The predicted molar refractivity (Wildman–Crippen MR) is 79.7 cm³/mol. The number of ether oxygens (including phenoxy) is 2. The van der Waals surface area contributed by atoms with Gasteiger partial charge in [0.15, 0.2) is 0 Å². The first-order valence-electron chi connectivity index (χ1n) is 6.63. The minimum atomic E-state index is -3.59. The topological polar surface area (TPSA) is 90.9 Å². The lowest BCUT2D eigenvalue weighted by Gasteiger charge is -2.29. The van der Waals surface area contributed by atoms with Gasteiger partial charge in [0.25, 0.3) is 10.1 Å². The Bertz CT molecular complexity index is 438. The van der Waals surface area contributed by atoms with Crippen LogP contribution in [-0.2, 0) is 23.8 Å². The van der Waals surface area contributed by atoms with E-state index in [1.807, 2.05) is 13.8 Å². The van der Waals surface area contributed by atoms with Crippen LogP contribution in [0.4, 0.5) is 4.79 Å². The Balaban J connectivity index is 4.76. The van der Waals surface area contributed by atoms with Crippen LogP contribution in [0, 0.1) is 0 Å². The van der Waals surface area contributed by atoms with Crippen LogP contribution in [0.1, 0.15) is 41.0 Å². The third-order valence-corrected chi connectivity index (χ3v) is 3.06. The van der Waals surface area contributed by atoms with Gasteiger partial charge in [0, 0.05) is 7.11 Å². The van der Waals surface area contributed by atoms with E-state index in [1.165, 1.54) is 0 Å². The molecule has 0 aromatic rings. The number of carbonyl (C=O) groups is 1. The van der Waals surface area contributed by atoms with Crippen LogP contribution in [-0.4, -0.2) is 51.7 Å². The summed E-state index contributed by atoms with van der Waals surface area (Å²) in [6.07, 6.45) is 0.702. The molecule has 7 nitrogen and oxygen atoms in total. The molecule has 0 aliphatic heterocycles. The minimum absolute atomic E-state index is 0.176. The zero-order chi connectivity index (χ0) is 16.9. The van der Waals surface area contributed by atoms with E-state index in [1.54, 1.807) is 27.9 Å². The van der Waals surface area contributed by atoms with Crippen LogP contribution in [0.3, 0.4) is 0 Å². The number of hydrogen-bond acceptors (Lipinski definition) is 6.